The highest BCUT2D eigenvalue weighted by Gasteiger charge is 2.30. The van der Waals surface area contributed by atoms with Crippen molar-refractivity contribution in [3.63, 3.8) is 0 Å². The minimum Gasteiger partial charge on any atom is -0.310 e. The Kier molecular flexibility index (Phi) is 4.29. The third-order valence-corrected chi connectivity index (χ3v) is 4.65. The van der Waals surface area contributed by atoms with Gasteiger partial charge in [-0.2, -0.15) is 0 Å². The third-order valence-electron chi connectivity index (χ3n) is 3.57. The maximum Gasteiger partial charge on any atom is 0.257 e. The van der Waals surface area contributed by atoms with E-state index in [9.17, 15) is 9.59 Å². The molecule has 0 unspecified atom stereocenters. The molecule has 0 saturated carbocycles. The maximum atomic E-state index is 12.5. The van der Waals surface area contributed by atoms with Crippen molar-refractivity contribution in [2.45, 2.75) is 30.8 Å². The summed E-state index contributed by atoms with van der Waals surface area (Å²) in [6.45, 7) is 2.07. The number of hydrogen-bond donors (Lipinski definition) is 2. The van der Waals surface area contributed by atoms with Gasteiger partial charge in [-0.1, -0.05) is 49.0 Å². The number of fused-ring (bicyclic) bond motifs is 1. The Morgan fingerprint density at radius 3 is 2.77 bits per heavy atom. The Hall–Kier alpha value is -2.08. The van der Waals surface area contributed by atoms with E-state index in [1.54, 1.807) is 0 Å². The van der Waals surface area contributed by atoms with E-state index >= 15 is 0 Å². The van der Waals surface area contributed by atoms with Crippen LogP contribution < -0.4 is 10.9 Å². The molecule has 2 aromatic rings. The van der Waals surface area contributed by atoms with Crippen molar-refractivity contribution in [3.05, 3.63) is 51.8 Å². The lowest BCUT2D eigenvalue weighted by Gasteiger charge is -2.24. The Labute approximate surface area is 132 Å². The topological polar surface area (TPSA) is 74.8 Å². The van der Waals surface area contributed by atoms with Gasteiger partial charge in [-0.25, -0.2) is 4.98 Å². The molecular formula is C16H17N3O2S. The van der Waals surface area contributed by atoms with E-state index in [0.717, 1.165) is 17.7 Å². The number of hydrogen-bond acceptors (Lipinski definition) is 4. The van der Waals surface area contributed by atoms with Crippen LogP contribution in [-0.2, 0) is 4.79 Å². The molecule has 114 valence electrons. The number of rotatable bonds is 4. The lowest BCUT2D eigenvalue weighted by molar-refractivity contribution is -0.116. The molecule has 2 heterocycles. The van der Waals surface area contributed by atoms with Gasteiger partial charge in [0.25, 0.3) is 5.56 Å². The van der Waals surface area contributed by atoms with Crippen molar-refractivity contribution in [2.24, 2.45) is 0 Å². The zero-order valence-electron chi connectivity index (χ0n) is 12.3. The van der Waals surface area contributed by atoms with Gasteiger partial charge < -0.3 is 10.3 Å². The summed E-state index contributed by atoms with van der Waals surface area (Å²) in [5.74, 6) is 0.919. The molecular weight excluding hydrogens is 298 g/mol. The van der Waals surface area contributed by atoms with Gasteiger partial charge in [-0.15, -0.1) is 0 Å². The largest absolute Gasteiger partial charge is 0.310 e. The minimum atomic E-state index is -0.244. The number of carbonyl (C=O) groups is 1. The second kappa shape index (κ2) is 6.36. The molecule has 1 atom stereocenters. The number of nitrogens with one attached hydrogen (secondary N) is 2. The average molecular weight is 315 g/mol. The molecule has 1 aromatic carbocycles. The smallest absolute Gasteiger partial charge is 0.257 e. The zero-order valence-corrected chi connectivity index (χ0v) is 13.1. The zero-order chi connectivity index (χ0) is 15.5. The van der Waals surface area contributed by atoms with Crippen LogP contribution in [0.1, 0.15) is 36.8 Å². The fourth-order valence-corrected chi connectivity index (χ4v) is 3.31. The van der Waals surface area contributed by atoms with E-state index in [0.29, 0.717) is 16.5 Å². The summed E-state index contributed by atoms with van der Waals surface area (Å²) in [5.41, 5.74) is 1.34. The molecule has 5 nitrogen and oxygen atoms in total. The van der Waals surface area contributed by atoms with E-state index in [2.05, 4.69) is 22.2 Å². The van der Waals surface area contributed by atoms with Gasteiger partial charge in [-0.05, 0) is 12.0 Å². The van der Waals surface area contributed by atoms with E-state index < -0.39 is 0 Å². The number of H-pyrrole nitrogens is 1. The van der Waals surface area contributed by atoms with Gasteiger partial charge in [-0.3, -0.25) is 9.59 Å². The molecule has 0 bridgehead atoms. The molecule has 0 spiro atoms. The number of thioether (sulfide) groups is 1. The normalized spacial score (nSPS) is 17.0. The van der Waals surface area contributed by atoms with Gasteiger partial charge in [0, 0.05) is 18.1 Å². The summed E-state index contributed by atoms with van der Waals surface area (Å²) in [6.07, 6.45) is 1.26. The van der Waals surface area contributed by atoms with Crippen LogP contribution in [0.2, 0.25) is 0 Å². The number of amides is 1. The SMILES string of the molecule is CCCSc1nc2c(c(=O)[nH]1)[C@H](c1ccccc1)CC(=O)N2. The number of carbonyl (C=O) groups excluding carboxylic acids is 1. The van der Waals surface area contributed by atoms with Crippen molar-refractivity contribution < 1.29 is 4.79 Å². The summed E-state index contributed by atoms with van der Waals surface area (Å²) in [6, 6.07) is 9.61. The Morgan fingerprint density at radius 2 is 2.05 bits per heavy atom. The minimum absolute atomic E-state index is 0.106. The van der Waals surface area contributed by atoms with Gasteiger partial charge in [0.05, 0.1) is 5.56 Å². The van der Waals surface area contributed by atoms with E-state index in [1.165, 1.54) is 11.8 Å². The molecule has 1 amide bonds. The molecule has 1 aromatic heterocycles. The van der Waals surface area contributed by atoms with E-state index in [1.807, 2.05) is 30.3 Å². The molecule has 22 heavy (non-hydrogen) atoms. The Balaban J connectivity index is 2.06. The first kappa shape index (κ1) is 14.8. The molecule has 1 aliphatic heterocycles. The monoisotopic (exact) mass is 315 g/mol. The van der Waals surface area contributed by atoms with Crippen molar-refractivity contribution in [1.29, 1.82) is 0 Å². The fourth-order valence-electron chi connectivity index (χ4n) is 2.59. The second-order valence-electron chi connectivity index (χ2n) is 5.20. The highest BCUT2D eigenvalue weighted by molar-refractivity contribution is 7.99. The van der Waals surface area contributed by atoms with Crippen molar-refractivity contribution >= 4 is 23.5 Å². The van der Waals surface area contributed by atoms with Crippen LogP contribution in [0.25, 0.3) is 0 Å². The van der Waals surface area contributed by atoms with Gasteiger partial charge >= 0.3 is 0 Å². The Morgan fingerprint density at radius 1 is 1.27 bits per heavy atom. The lowest BCUT2D eigenvalue weighted by Crippen LogP contribution is -2.31. The van der Waals surface area contributed by atoms with Crippen LogP contribution in [0.4, 0.5) is 5.82 Å². The van der Waals surface area contributed by atoms with Gasteiger partial charge in [0.2, 0.25) is 5.91 Å². The van der Waals surface area contributed by atoms with E-state index in [-0.39, 0.29) is 23.8 Å². The van der Waals surface area contributed by atoms with Gasteiger partial charge in [0.15, 0.2) is 5.16 Å². The molecule has 1 aliphatic rings. The summed E-state index contributed by atoms with van der Waals surface area (Å²) >= 11 is 1.49. The predicted molar refractivity (Wildman–Crippen MR) is 87.4 cm³/mol. The summed E-state index contributed by atoms with van der Waals surface area (Å²) in [5, 5.41) is 3.29. The van der Waals surface area contributed by atoms with Crippen LogP contribution in [0.15, 0.2) is 40.3 Å². The molecule has 0 radical (unpaired) electrons. The van der Waals surface area contributed by atoms with E-state index in [4.69, 9.17) is 0 Å². The molecule has 2 N–H and O–H groups in total. The summed E-state index contributed by atoms with van der Waals surface area (Å²) < 4.78 is 0. The van der Waals surface area contributed by atoms with Crippen LogP contribution in [0, 0.1) is 0 Å². The number of aromatic nitrogens is 2. The summed E-state index contributed by atoms with van der Waals surface area (Å²) in [4.78, 5) is 31.7. The van der Waals surface area contributed by atoms with Gasteiger partial charge in [0.1, 0.15) is 5.82 Å². The van der Waals surface area contributed by atoms with Crippen molar-refractivity contribution in [1.82, 2.24) is 9.97 Å². The second-order valence-corrected chi connectivity index (χ2v) is 6.28. The lowest BCUT2D eigenvalue weighted by atomic mass is 9.87. The predicted octanol–water partition coefficient (Wildman–Crippen LogP) is 2.75. The molecule has 0 fully saturated rings. The molecule has 3 rings (SSSR count). The number of anilines is 1. The Bertz CT molecular complexity index is 743. The fraction of sp³-hybridized carbons (Fsp3) is 0.312. The summed E-state index contributed by atoms with van der Waals surface area (Å²) in [7, 11) is 0. The van der Waals surface area contributed by atoms with Crippen LogP contribution in [-0.4, -0.2) is 21.6 Å². The van der Waals surface area contributed by atoms with Crippen molar-refractivity contribution in [3.8, 4) is 0 Å². The van der Waals surface area contributed by atoms with Crippen LogP contribution in [0.3, 0.4) is 0 Å². The molecule has 0 saturated heterocycles. The average Bonchev–Trinajstić information content (AvgIpc) is 2.52. The molecule has 6 heteroatoms. The molecule has 0 aliphatic carbocycles. The van der Waals surface area contributed by atoms with Crippen LogP contribution >= 0.6 is 11.8 Å². The highest BCUT2D eigenvalue weighted by Crippen LogP contribution is 2.34. The number of benzene rings is 1. The maximum absolute atomic E-state index is 12.5. The van der Waals surface area contributed by atoms with Crippen LogP contribution in [0.5, 0.6) is 0 Å². The third kappa shape index (κ3) is 2.92. The van der Waals surface area contributed by atoms with Crippen molar-refractivity contribution in [2.75, 3.05) is 11.1 Å². The number of aromatic amines is 1. The number of nitrogens with zero attached hydrogens (tertiary/aromatic N) is 1. The highest BCUT2D eigenvalue weighted by atomic mass is 32.2. The quantitative estimate of drug-likeness (QED) is 0.672. The first-order valence-electron chi connectivity index (χ1n) is 7.31. The first-order chi connectivity index (χ1) is 10.7. The first-order valence-corrected chi connectivity index (χ1v) is 8.29. The standard InChI is InChI=1S/C16H17N3O2S/c1-2-8-22-16-18-14-13(15(21)19-16)11(9-12(20)17-14)10-6-4-3-5-7-10/h3-7,11H,2,8-9H2,1H3,(H2,17,18,19,20,21)/t11-/m0/s1.